The fraction of sp³-hybridized carbons (Fsp3) is 1.00. The van der Waals surface area contributed by atoms with Crippen LogP contribution in [0.3, 0.4) is 0 Å². The molecule has 18 heavy (non-hydrogen) atoms. The molecule has 0 spiro atoms. The molecule has 0 aromatic heterocycles. The molecule has 8 heteroatoms. The summed E-state index contributed by atoms with van der Waals surface area (Å²) in [6, 6.07) is 0. The van der Waals surface area contributed by atoms with Crippen LogP contribution < -0.4 is 0 Å². The van der Waals surface area contributed by atoms with E-state index in [1.54, 1.807) is 0 Å². The number of rotatable bonds is 6. The van der Waals surface area contributed by atoms with Gasteiger partial charge in [0.05, 0.1) is 12.8 Å². The van der Waals surface area contributed by atoms with Gasteiger partial charge in [0.25, 0.3) is 0 Å². The summed E-state index contributed by atoms with van der Waals surface area (Å²) >= 11 is 0. The summed E-state index contributed by atoms with van der Waals surface area (Å²) in [5.74, 6) is 0. The van der Waals surface area contributed by atoms with Crippen molar-refractivity contribution in [2.24, 2.45) is 0 Å². The predicted molar refractivity (Wildman–Crippen MR) is 57.6 cm³/mol. The Hall–Kier alpha value is -0.270. The summed E-state index contributed by atoms with van der Waals surface area (Å²) in [5.41, 5.74) is 0. The van der Waals surface area contributed by atoms with Gasteiger partial charge in [0.15, 0.2) is 0 Å². The van der Waals surface area contributed by atoms with E-state index in [0.29, 0.717) is 0 Å². The molecular formula is C10H16F6OS. The zero-order valence-electron chi connectivity index (χ0n) is 10.1. The SMILES string of the molecule is CCC(CC(F)(F)F)S(=O)C(CC)CC(F)(F)F. The smallest absolute Gasteiger partial charge is 0.259 e. The Bertz CT molecular complexity index is 247. The van der Waals surface area contributed by atoms with E-state index < -0.39 is 46.5 Å². The molecule has 0 saturated heterocycles. The lowest BCUT2D eigenvalue weighted by Gasteiger charge is -2.23. The van der Waals surface area contributed by atoms with E-state index in [0.717, 1.165) is 0 Å². The average molecular weight is 298 g/mol. The number of halogens is 6. The van der Waals surface area contributed by atoms with Crippen molar-refractivity contribution in [2.75, 3.05) is 0 Å². The Balaban J connectivity index is 4.74. The van der Waals surface area contributed by atoms with Crippen LogP contribution in [-0.4, -0.2) is 27.1 Å². The molecule has 0 aliphatic carbocycles. The van der Waals surface area contributed by atoms with Crippen LogP contribution in [0, 0.1) is 0 Å². The molecule has 2 atom stereocenters. The molecule has 0 saturated carbocycles. The lowest BCUT2D eigenvalue weighted by molar-refractivity contribution is -0.135. The van der Waals surface area contributed by atoms with E-state index in [4.69, 9.17) is 0 Å². The lowest BCUT2D eigenvalue weighted by atomic mass is 10.2. The van der Waals surface area contributed by atoms with E-state index in [-0.39, 0.29) is 12.8 Å². The Morgan fingerprint density at radius 3 is 1.28 bits per heavy atom. The van der Waals surface area contributed by atoms with Gasteiger partial charge in [-0.2, -0.15) is 26.3 Å². The van der Waals surface area contributed by atoms with Gasteiger partial charge in [0, 0.05) is 21.3 Å². The van der Waals surface area contributed by atoms with E-state index in [1.165, 1.54) is 13.8 Å². The van der Waals surface area contributed by atoms with Gasteiger partial charge in [-0.25, -0.2) is 0 Å². The van der Waals surface area contributed by atoms with Crippen molar-refractivity contribution in [1.29, 1.82) is 0 Å². The first-order valence-electron chi connectivity index (χ1n) is 5.53. The van der Waals surface area contributed by atoms with Crippen LogP contribution in [0.2, 0.25) is 0 Å². The summed E-state index contributed by atoms with van der Waals surface area (Å²) in [6.45, 7) is 2.79. The zero-order chi connectivity index (χ0) is 14.6. The van der Waals surface area contributed by atoms with Gasteiger partial charge in [-0.05, 0) is 12.8 Å². The van der Waals surface area contributed by atoms with Crippen molar-refractivity contribution in [3.8, 4) is 0 Å². The molecule has 0 aliphatic rings. The maximum atomic E-state index is 12.2. The summed E-state index contributed by atoms with van der Waals surface area (Å²) in [4.78, 5) is 0. The molecule has 0 radical (unpaired) electrons. The van der Waals surface area contributed by atoms with Gasteiger partial charge in [0.2, 0.25) is 0 Å². The summed E-state index contributed by atoms with van der Waals surface area (Å²) in [6.07, 6.45) is -11.7. The molecule has 0 fully saturated rings. The molecule has 0 bridgehead atoms. The van der Waals surface area contributed by atoms with Gasteiger partial charge in [0.1, 0.15) is 0 Å². The minimum atomic E-state index is -4.51. The average Bonchev–Trinajstić information content (AvgIpc) is 2.19. The molecule has 0 N–H and O–H groups in total. The predicted octanol–water partition coefficient (Wildman–Crippen LogP) is 4.20. The number of hydrogen-bond acceptors (Lipinski definition) is 1. The Labute approximate surface area is 104 Å². The van der Waals surface area contributed by atoms with E-state index in [1.807, 2.05) is 0 Å². The normalized spacial score (nSPS) is 18.4. The van der Waals surface area contributed by atoms with Crippen molar-refractivity contribution in [3.63, 3.8) is 0 Å². The fourth-order valence-electron chi connectivity index (χ4n) is 1.57. The Morgan fingerprint density at radius 2 is 1.11 bits per heavy atom. The van der Waals surface area contributed by atoms with Crippen LogP contribution in [0.1, 0.15) is 39.5 Å². The third kappa shape index (κ3) is 7.23. The molecule has 0 heterocycles. The topological polar surface area (TPSA) is 17.1 Å². The van der Waals surface area contributed by atoms with Gasteiger partial charge in [-0.1, -0.05) is 13.8 Å². The maximum absolute atomic E-state index is 12.2. The fourth-order valence-corrected chi connectivity index (χ4v) is 3.48. The molecule has 0 aromatic rings. The monoisotopic (exact) mass is 298 g/mol. The molecule has 0 aromatic carbocycles. The highest BCUT2D eigenvalue weighted by Crippen LogP contribution is 2.31. The summed E-state index contributed by atoms with van der Waals surface area (Å²) in [7, 11) is -2.13. The van der Waals surface area contributed by atoms with Crippen LogP contribution in [-0.2, 0) is 10.8 Å². The van der Waals surface area contributed by atoms with Crippen LogP contribution >= 0.6 is 0 Å². The Kier molecular flexibility index (Phi) is 6.67. The highest BCUT2D eigenvalue weighted by atomic mass is 32.2. The van der Waals surface area contributed by atoms with E-state index in [9.17, 15) is 30.6 Å². The first-order valence-corrected chi connectivity index (χ1v) is 6.80. The molecular weight excluding hydrogens is 282 g/mol. The summed E-state index contributed by atoms with van der Waals surface area (Å²) < 4.78 is 85.0. The highest BCUT2D eigenvalue weighted by molar-refractivity contribution is 7.86. The first-order chi connectivity index (χ1) is 8.00. The quantitative estimate of drug-likeness (QED) is 0.672. The van der Waals surface area contributed by atoms with Gasteiger partial charge in [-0.3, -0.25) is 4.21 Å². The second kappa shape index (κ2) is 6.77. The Morgan fingerprint density at radius 1 is 0.833 bits per heavy atom. The molecule has 1 nitrogen and oxygen atoms in total. The molecule has 0 aliphatic heterocycles. The van der Waals surface area contributed by atoms with Gasteiger partial charge >= 0.3 is 12.4 Å². The highest BCUT2D eigenvalue weighted by Gasteiger charge is 2.39. The van der Waals surface area contributed by atoms with Crippen LogP contribution in [0.25, 0.3) is 0 Å². The number of alkyl halides is 6. The van der Waals surface area contributed by atoms with Crippen LogP contribution in [0.15, 0.2) is 0 Å². The van der Waals surface area contributed by atoms with Gasteiger partial charge in [-0.15, -0.1) is 0 Å². The molecule has 0 rings (SSSR count). The molecule has 110 valence electrons. The molecule has 2 unspecified atom stereocenters. The first kappa shape index (κ1) is 17.7. The van der Waals surface area contributed by atoms with Crippen molar-refractivity contribution in [2.45, 2.75) is 62.4 Å². The minimum absolute atomic E-state index is 0.0551. The van der Waals surface area contributed by atoms with Gasteiger partial charge < -0.3 is 0 Å². The standard InChI is InChI=1S/C10H16F6OS/c1-3-7(5-9(11,12)13)18(17)8(4-2)6-10(14,15)16/h7-8H,3-6H2,1-2H3. The second-order valence-electron chi connectivity index (χ2n) is 4.03. The van der Waals surface area contributed by atoms with Crippen molar-refractivity contribution < 1.29 is 30.6 Å². The third-order valence-corrected chi connectivity index (χ3v) is 4.80. The van der Waals surface area contributed by atoms with Crippen molar-refractivity contribution in [1.82, 2.24) is 0 Å². The summed E-state index contributed by atoms with van der Waals surface area (Å²) in [5, 5.41) is -2.53. The maximum Gasteiger partial charge on any atom is 0.390 e. The molecule has 0 amide bonds. The van der Waals surface area contributed by atoms with Crippen molar-refractivity contribution >= 4 is 10.8 Å². The minimum Gasteiger partial charge on any atom is -0.259 e. The zero-order valence-corrected chi connectivity index (χ0v) is 10.9. The second-order valence-corrected chi connectivity index (χ2v) is 6.02. The lowest BCUT2D eigenvalue weighted by Crippen LogP contribution is -2.32. The van der Waals surface area contributed by atoms with E-state index >= 15 is 0 Å². The van der Waals surface area contributed by atoms with E-state index in [2.05, 4.69) is 0 Å². The number of hydrogen-bond donors (Lipinski definition) is 0. The van der Waals surface area contributed by atoms with Crippen LogP contribution in [0.5, 0.6) is 0 Å². The third-order valence-electron chi connectivity index (χ3n) is 2.49. The largest absolute Gasteiger partial charge is 0.390 e. The van der Waals surface area contributed by atoms with Crippen LogP contribution in [0.4, 0.5) is 26.3 Å². The van der Waals surface area contributed by atoms with Crippen molar-refractivity contribution in [3.05, 3.63) is 0 Å².